The van der Waals surface area contributed by atoms with Gasteiger partial charge >= 0.3 is 0 Å². The van der Waals surface area contributed by atoms with E-state index in [1.54, 1.807) is 0 Å². The summed E-state index contributed by atoms with van der Waals surface area (Å²) < 4.78 is 0. The number of rotatable bonds is 3. The van der Waals surface area contributed by atoms with Crippen LogP contribution >= 0.6 is 0 Å². The molecule has 0 saturated heterocycles. The Balaban J connectivity index is 0.000000386. The summed E-state index contributed by atoms with van der Waals surface area (Å²) in [5.74, 6) is 5.17. The summed E-state index contributed by atoms with van der Waals surface area (Å²) in [4.78, 5) is 0. The van der Waals surface area contributed by atoms with Crippen LogP contribution in [0.15, 0.2) is 12.2 Å². The Bertz CT molecular complexity index is 212. The van der Waals surface area contributed by atoms with Gasteiger partial charge in [0.05, 0.1) is 0 Å². The molecule has 0 aromatic heterocycles. The predicted octanol–water partition coefficient (Wildman–Crippen LogP) is 5.30. The van der Waals surface area contributed by atoms with Crippen molar-refractivity contribution in [3.05, 3.63) is 12.2 Å². The van der Waals surface area contributed by atoms with Crippen LogP contribution in [0.25, 0.3) is 0 Å². The van der Waals surface area contributed by atoms with E-state index in [9.17, 15) is 0 Å². The van der Waals surface area contributed by atoms with Crippen LogP contribution in [0.1, 0.15) is 60.3 Å². The van der Waals surface area contributed by atoms with Gasteiger partial charge in [-0.1, -0.05) is 46.3 Å². The molecule has 2 fully saturated rings. The van der Waals surface area contributed by atoms with E-state index in [2.05, 4.69) is 46.8 Å². The lowest BCUT2D eigenvalue weighted by Crippen LogP contribution is -2.52. The first kappa shape index (κ1) is 13.8. The SMILES string of the molecule is CC=CC(CC)C1CC2CC(C)C21.CCC. The molecule has 0 radical (unpaired) electrons. The molecular weight excluding hydrogens is 192 g/mol. The molecule has 0 N–H and O–H groups in total. The molecule has 2 saturated carbocycles. The Morgan fingerprint density at radius 3 is 2.19 bits per heavy atom. The van der Waals surface area contributed by atoms with Crippen LogP contribution in [0.3, 0.4) is 0 Å². The molecule has 0 aromatic carbocycles. The van der Waals surface area contributed by atoms with Crippen LogP contribution in [-0.4, -0.2) is 0 Å². The summed E-state index contributed by atoms with van der Waals surface area (Å²) in [6.45, 7) is 11.2. The van der Waals surface area contributed by atoms with E-state index >= 15 is 0 Å². The van der Waals surface area contributed by atoms with Crippen molar-refractivity contribution in [2.75, 3.05) is 0 Å². The highest BCUT2D eigenvalue weighted by Crippen LogP contribution is 2.60. The van der Waals surface area contributed by atoms with Crippen molar-refractivity contribution >= 4 is 0 Å². The zero-order chi connectivity index (χ0) is 12.1. The fraction of sp³-hybridized carbons (Fsp3) is 0.875. The summed E-state index contributed by atoms with van der Waals surface area (Å²) in [5.41, 5.74) is 0. The molecule has 2 rings (SSSR count). The molecule has 0 heterocycles. The monoisotopic (exact) mass is 222 g/mol. The first-order valence-electron chi connectivity index (χ1n) is 7.32. The Hall–Kier alpha value is -0.260. The van der Waals surface area contributed by atoms with Gasteiger partial charge in [0.2, 0.25) is 0 Å². The van der Waals surface area contributed by atoms with Gasteiger partial charge in [-0.15, -0.1) is 0 Å². The summed E-state index contributed by atoms with van der Waals surface area (Å²) in [6, 6.07) is 0. The van der Waals surface area contributed by atoms with Crippen LogP contribution in [0.5, 0.6) is 0 Å². The van der Waals surface area contributed by atoms with E-state index in [0.29, 0.717) is 0 Å². The maximum Gasteiger partial charge on any atom is -0.0205 e. The van der Waals surface area contributed by atoms with Crippen molar-refractivity contribution in [1.82, 2.24) is 0 Å². The molecule has 0 aromatic rings. The van der Waals surface area contributed by atoms with Gasteiger partial charge in [0, 0.05) is 0 Å². The van der Waals surface area contributed by atoms with Crippen molar-refractivity contribution in [2.45, 2.75) is 60.3 Å². The standard InChI is InChI=1S/C13H22.C3H8/c1-4-6-10(5-2)12-8-11-7-9(3)13(11)12;1-3-2/h4,6,9-13H,5,7-8H2,1-3H3;3H2,1-2H3. The van der Waals surface area contributed by atoms with Crippen LogP contribution < -0.4 is 0 Å². The highest BCUT2D eigenvalue weighted by Gasteiger charge is 2.53. The van der Waals surface area contributed by atoms with Crippen LogP contribution in [0.2, 0.25) is 0 Å². The highest BCUT2D eigenvalue weighted by molar-refractivity contribution is 5.06. The number of fused-ring (bicyclic) bond motifs is 1. The fourth-order valence-corrected chi connectivity index (χ4v) is 3.69. The van der Waals surface area contributed by atoms with Crippen LogP contribution in [-0.2, 0) is 0 Å². The van der Waals surface area contributed by atoms with Crippen molar-refractivity contribution < 1.29 is 0 Å². The third kappa shape index (κ3) is 2.70. The number of hydrogen-bond donors (Lipinski definition) is 0. The average Bonchev–Trinajstić information content (AvgIpc) is 2.22. The normalized spacial score (nSPS) is 37.8. The van der Waals surface area contributed by atoms with Gasteiger partial charge in [0.25, 0.3) is 0 Å². The van der Waals surface area contributed by atoms with Gasteiger partial charge in [0.1, 0.15) is 0 Å². The number of hydrogen-bond acceptors (Lipinski definition) is 0. The minimum Gasteiger partial charge on any atom is -0.0914 e. The van der Waals surface area contributed by atoms with E-state index in [-0.39, 0.29) is 0 Å². The molecule has 0 bridgehead atoms. The second-order valence-corrected chi connectivity index (χ2v) is 5.75. The molecule has 94 valence electrons. The van der Waals surface area contributed by atoms with Crippen molar-refractivity contribution in [2.24, 2.45) is 29.6 Å². The molecule has 16 heavy (non-hydrogen) atoms. The third-order valence-corrected chi connectivity index (χ3v) is 4.41. The second kappa shape index (κ2) is 6.47. The summed E-state index contributed by atoms with van der Waals surface area (Å²) in [5, 5.41) is 0. The maximum absolute atomic E-state index is 2.44. The Kier molecular flexibility index (Phi) is 5.58. The molecule has 0 amide bonds. The molecule has 0 nitrogen and oxygen atoms in total. The maximum atomic E-state index is 2.44. The van der Waals surface area contributed by atoms with Crippen LogP contribution in [0.4, 0.5) is 0 Å². The van der Waals surface area contributed by atoms with Gasteiger partial charge in [-0.05, 0) is 55.8 Å². The van der Waals surface area contributed by atoms with Gasteiger partial charge < -0.3 is 0 Å². The topological polar surface area (TPSA) is 0 Å². The van der Waals surface area contributed by atoms with Crippen molar-refractivity contribution in [3.63, 3.8) is 0 Å². The minimum atomic E-state index is 0.883. The molecule has 2 aliphatic carbocycles. The smallest absolute Gasteiger partial charge is 0.0205 e. The quantitative estimate of drug-likeness (QED) is 0.569. The Labute approximate surface area is 103 Å². The average molecular weight is 222 g/mol. The molecule has 5 unspecified atom stereocenters. The summed E-state index contributed by atoms with van der Waals surface area (Å²) >= 11 is 0. The van der Waals surface area contributed by atoms with Gasteiger partial charge in [-0.3, -0.25) is 0 Å². The third-order valence-electron chi connectivity index (χ3n) is 4.41. The summed E-state index contributed by atoms with van der Waals surface area (Å²) in [7, 11) is 0. The van der Waals surface area contributed by atoms with Gasteiger partial charge in [-0.25, -0.2) is 0 Å². The molecular formula is C16H30. The lowest BCUT2D eigenvalue weighted by atomic mass is 9.45. The first-order valence-corrected chi connectivity index (χ1v) is 7.32. The van der Waals surface area contributed by atoms with Crippen molar-refractivity contribution in [1.29, 1.82) is 0 Å². The van der Waals surface area contributed by atoms with E-state index in [4.69, 9.17) is 0 Å². The molecule has 0 heteroatoms. The summed E-state index contributed by atoms with van der Waals surface area (Å²) in [6.07, 6.45) is 10.3. The van der Waals surface area contributed by atoms with Gasteiger partial charge in [-0.2, -0.15) is 0 Å². The van der Waals surface area contributed by atoms with E-state index in [0.717, 1.165) is 29.6 Å². The van der Waals surface area contributed by atoms with Crippen molar-refractivity contribution in [3.8, 4) is 0 Å². The number of allylic oxidation sites excluding steroid dienone is 2. The highest BCUT2D eigenvalue weighted by atomic mass is 14.6. The zero-order valence-electron chi connectivity index (χ0n) is 11.9. The second-order valence-electron chi connectivity index (χ2n) is 5.75. The predicted molar refractivity (Wildman–Crippen MR) is 73.4 cm³/mol. The molecule has 2 aliphatic rings. The largest absolute Gasteiger partial charge is 0.0914 e. The molecule has 5 atom stereocenters. The first-order chi connectivity index (χ1) is 7.69. The van der Waals surface area contributed by atoms with E-state index in [1.165, 1.54) is 25.7 Å². The fourth-order valence-electron chi connectivity index (χ4n) is 3.69. The Morgan fingerprint density at radius 1 is 1.19 bits per heavy atom. The molecule has 0 spiro atoms. The minimum absolute atomic E-state index is 0.883. The van der Waals surface area contributed by atoms with Crippen LogP contribution in [0, 0.1) is 29.6 Å². The lowest BCUT2D eigenvalue weighted by molar-refractivity contribution is -0.0990. The van der Waals surface area contributed by atoms with E-state index < -0.39 is 0 Å². The van der Waals surface area contributed by atoms with E-state index in [1.807, 2.05) is 0 Å². The Morgan fingerprint density at radius 2 is 1.81 bits per heavy atom. The lowest BCUT2D eigenvalue weighted by Gasteiger charge is -2.59. The molecule has 0 aliphatic heterocycles. The van der Waals surface area contributed by atoms with Gasteiger partial charge in [0.15, 0.2) is 0 Å². The zero-order valence-corrected chi connectivity index (χ0v) is 11.9.